The molecule has 0 heterocycles. The van der Waals surface area contributed by atoms with Crippen molar-refractivity contribution in [1.82, 2.24) is 10.7 Å². The fourth-order valence-electron chi connectivity index (χ4n) is 1.13. The van der Waals surface area contributed by atoms with E-state index in [1.54, 1.807) is 7.05 Å². The summed E-state index contributed by atoms with van der Waals surface area (Å²) >= 11 is 0. The molecule has 0 bridgehead atoms. The third-order valence-corrected chi connectivity index (χ3v) is 2.47. The lowest BCUT2D eigenvalue weighted by atomic mass is 9.96. The molecule has 4 nitrogen and oxygen atoms in total. The third kappa shape index (κ3) is 4.97. The van der Waals surface area contributed by atoms with E-state index in [0.29, 0.717) is 12.0 Å². The fraction of sp³-hybridized carbons (Fsp3) is 0.800. The molecule has 0 fully saturated rings. The lowest BCUT2D eigenvalue weighted by molar-refractivity contribution is 0.355. The van der Waals surface area contributed by atoms with Crippen LogP contribution in [0.4, 0.5) is 0 Å². The van der Waals surface area contributed by atoms with Crippen molar-refractivity contribution in [3.8, 4) is 0 Å². The van der Waals surface area contributed by atoms with Crippen molar-refractivity contribution in [2.75, 3.05) is 13.6 Å². The molecule has 1 unspecified atom stereocenters. The SMILES string of the molecule is C=CCN[C@@H](C)[C@H](C)C(C)/N=N\NC. The average molecular weight is 198 g/mol. The van der Waals surface area contributed by atoms with E-state index in [1.165, 1.54) is 0 Å². The van der Waals surface area contributed by atoms with Gasteiger partial charge in [0.2, 0.25) is 0 Å². The number of hydrogen-bond donors (Lipinski definition) is 2. The van der Waals surface area contributed by atoms with Crippen molar-refractivity contribution in [2.24, 2.45) is 16.3 Å². The van der Waals surface area contributed by atoms with Gasteiger partial charge in [-0.2, -0.15) is 5.11 Å². The van der Waals surface area contributed by atoms with Crippen LogP contribution in [0.15, 0.2) is 23.0 Å². The van der Waals surface area contributed by atoms with Crippen LogP contribution in [-0.4, -0.2) is 25.7 Å². The van der Waals surface area contributed by atoms with E-state index in [1.807, 2.05) is 6.08 Å². The number of nitrogens with one attached hydrogen (secondary N) is 2. The third-order valence-electron chi connectivity index (χ3n) is 2.47. The summed E-state index contributed by atoms with van der Waals surface area (Å²) in [7, 11) is 1.75. The minimum absolute atomic E-state index is 0.217. The van der Waals surface area contributed by atoms with Crippen LogP contribution < -0.4 is 10.7 Å². The summed E-state index contributed by atoms with van der Waals surface area (Å²) in [4.78, 5) is 0. The van der Waals surface area contributed by atoms with Gasteiger partial charge in [0.1, 0.15) is 0 Å². The van der Waals surface area contributed by atoms with Crippen LogP contribution in [0, 0.1) is 5.92 Å². The van der Waals surface area contributed by atoms with Crippen LogP contribution in [0.3, 0.4) is 0 Å². The van der Waals surface area contributed by atoms with Gasteiger partial charge in [0.05, 0.1) is 6.04 Å². The topological polar surface area (TPSA) is 48.8 Å². The molecule has 0 saturated heterocycles. The molecule has 0 amide bonds. The predicted octanol–water partition coefficient (Wildman–Crippen LogP) is 1.76. The maximum absolute atomic E-state index is 4.12. The molecule has 0 aliphatic heterocycles. The summed E-state index contributed by atoms with van der Waals surface area (Å²) in [6, 6.07) is 0.633. The first-order valence-corrected chi connectivity index (χ1v) is 5.04. The molecule has 2 N–H and O–H groups in total. The standard InChI is InChI=1S/C10H22N4/c1-6-7-12-9(3)8(2)10(4)13-14-11-5/h6,8-10,12H,1,7H2,2-5H3,(H,11,13)/t8-,9-,10?/m0/s1. The molecule has 4 heteroatoms. The first-order chi connectivity index (χ1) is 6.63. The molecule has 0 aromatic rings. The highest BCUT2D eigenvalue weighted by molar-refractivity contribution is 4.80. The second kappa shape index (κ2) is 7.50. The van der Waals surface area contributed by atoms with Crippen molar-refractivity contribution in [1.29, 1.82) is 0 Å². The first kappa shape index (κ1) is 13.1. The molecule has 0 aromatic heterocycles. The predicted molar refractivity (Wildman–Crippen MR) is 60.2 cm³/mol. The molecule has 14 heavy (non-hydrogen) atoms. The minimum atomic E-state index is 0.217. The Morgan fingerprint density at radius 2 is 2.00 bits per heavy atom. The van der Waals surface area contributed by atoms with E-state index in [9.17, 15) is 0 Å². The quantitative estimate of drug-likeness (QED) is 0.372. The van der Waals surface area contributed by atoms with Gasteiger partial charge in [0.15, 0.2) is 0 Å². The van der Waals surface area contributed by atoms with Crippen molar-refractivity contribution < 1.29 is 0 Å². The summed E-state index contributed by atoms with van der Waals surface area (Å²) < 4.78 is 0. The Hall–Kier alpha value is -0.900. The van der Waals surface area contributed by atoms with Gasteiger partial charge in [-0.25, -0.2) is 0 Å². The molecule has 3 atom stereocenters. The molecule has 0 aromatic carbocycles. The Morgan fingerprint density at radius 1 is 1.36 bits per heavy atom. The summed E-state index contributed by atoms with van der Waals surface area (Å²) in [6.45, 7) is 10.9. The van der Waals surface area contributed by atoms with E-state index in [2.05, 4.69) is 48.4 Å². The highest BCUT2D eigenvalue weighted by Crippen LogP contribution is 2.11. The normalized spacial score (nSPS) is 17.7. The van der Waals surface area contributed by atoms with E-state index in [0.717, 1.165) is 6.54 Å². The van der Waals surface area contributed by atoms with Gasteiger partial charge in [0.25, 0.3) is 0 Å². The zero-order valence-electron chi connectivity index (χ0n) is 9.62. The molecular formula is C10H22N4. The summed E-state index contributed by atoms with van der Waals surface area (Å²) in [5.74, 6) is 0.451. The Balaban J connectivity index is 3.95. The lowest BCUT2D eigenvalue weighted by Crippen LogP contribution is -2.36. The van der Waals surface area contributed by atoms with Crippen LogP contribution in [0.25, 0.3) is 0 Å². The van der Waals surface area contributed by atoms with Gasteiger partial charge in [-0.05, 0) is 19.8 Å². The van der Waals surface area contributed by atoms with Crippen LogP contribution in [0.5, 0.6) is 0 Å². The van der Waals surface area contributed by atoms with Crippen LogP contribution in [-0.2, 0) is 0 Å². The lowest BCUT2D eigenvalue weighted by Gasteiger charge is -2.23. The Kier molecular flexibility index (Phi) is 7.02. The van der Waals surface area contributed by atoms with Gasteiger partial charge in [-0.15, -0.1) is 6.58 Å². The van der Waals surface area contributed by atoms with Gasteiger partial charge in [-0.1, -0.05) is 18.2 Å². The largest absolute Gasteiger partial charge is 0.310 e. The highest BCUT2D eigenvalue weighted by Gasteiger charge is 2.17. The van der Waals surface area contributed by atoms with Crippen LogP contribution in [0.1, 0.15) is 20.8 Å². The molecule has 0 aliphatic rings. The first-order valence-electron chi connectivity index (χ1n) is 5.04. The molecule has 82 valence electrons. The van der Waals surface area contributed by atoms with Gasteiger partial charge in [-0.3, -0.25) is 5.43 Å². The zero-order valence-corrected chi connectivity index (χ0v) is 9.62. The van der Waals surface area contributed by atoms with Crippen molar-refractivity contribution in [3.05, 3.63) is 12.7 Å². The molecule has 0 spiro atoms. The summed E-state index contributed by atoms with van der Waals surface area (Å²) in [5, 5.41) is 11.3. The van der Waals surface area contributed by atoms with Gasteiger partial charge in [0, 0.05) is 19.6 Å². The van der Waals surface area contributed by atoms with E-state index < -0.39 is 0 Å². The average Bonchev–Trinajstić information content (AvgIpc) is 2.21. The fourth-order valence-corrected chi connectivity index (χ4v) is 1.13. The van der Waals surface area contributed by atoms with Crippen molar-refractivity contribution in [3.63, 3.8) is 0 Å². The number of rotatable bonds is 7. The van der Waals surface area contributed by atoms with E-state index in [-0.39, 0.29) is 6.04 Å². The minimum Gasteiger partial charge on any atom is -0.310 e. The van der Waals surface area contributed by atoms with Gasteiger partial charge >= 0.3 is 0 Å². The second-order valence-corrected chi connectivity index (χ2v) is 3.52. The zero-order chi connectivity index (χ0) is 11.0. The summed E-state index contributed by atoms with van der Waals surface area (Å²) in [6.07, 6.45) is 1.86. The summed E-state index contributed by atoms with van der Waals surface area (Å²) in [5.41, 5.74) is 2.66. The Morgan fingerprint density at radius 3 is 2.50 bits per heavy atom. The maximum Gasteiger partial charge on any atom is 0.0741 e. The highest BCUT2D eigenvalue weighted by atomic mass is 15.4. The molecule has 0 saturated carbocycles. The molecule has 0 aliphatic carbocycles. The maximum atomic E-state index is 4.12. The molecule has 0 radical (unpaired) electrons. The van der Waals surface area contributed by atoms with E-state index >= 15 is 0 Å². The van der Waals surface area contributed by atoms with E-state index in [4.69, 9.17) is 0 Å². The molecule has 0 rings (SSSR count). The Bertz CT molecular complexity index is 179. The number of nitrogens with zero attached hydrogens (tertiary/aromatic N) is 2. The monoisotopic (exact) mass is 198 g/mol. The van der Waals surface area contributed by atoms with Crippen LogP contribution in [0.2, 0.25) is 0 Å². The molecular weight excluding hydrogens is 176 g/mol. The van der Waals surface area contributed by atoms with Gasteiger partial charge < -0.3 is 5.32 Å². The smallest absolute Gasteiger partial charge is 0.0741 e. The van der Waals surface area contributed by atoms with Crippen LogP contribution >= 0.6 is 0 Å². The van der Waals surface area contributed by atoms with Crippen molar-refractivity contribution in [2.45, 2.75) is 32.9 Å². The van der Waals surface area contributed by atoms with Crippen molar-refractivity contribution >= 4 is 0 Å². The number of hydrogen-bond acceptors (Lipinski definition) is 3. The second-order valence-electron chi connectivity index (χ2n) is 3.52. The Labute approximate surface area is 86.9 Å².